The maximum Gasteiger partial charge on any atom is 0.251 e. The first-order chi connectivity index (χ1) is 13.5. The predicted octanol–water partition coefficient (Wildman–Crippen LogP) is 4.21. The number of halogens is 3. The van der Waals surface area contributed by atoms with Gasteiger partial charge in [0.25, 0.3) is 5.91 Å². The van der Waals surface area contributed by atoms with Crippen LogP contribution in [0, 0.1) is 5.92 Å². The van der Waals surface area contributed by atoms with E-state index in [-0.39, 0.29) is 37.2 Å². The lowest BCUT2D eigenvalue weighted by Crippen LogP contribution is -2.40. The normalized spacial score (nSPS) is 27.5. The van der Waals surface area contributed by atoms with Crippen LogP contribution in [0.15, 0.2) is 12.1 Å². The molecule has 4 nitrogen and oxygen atoms in total. The van der Waals surface area contributed by atoms with Gasteiger partial charge in [-0.1, -0.05) is 0 Å². The van der Waals surface area contributed by atoms with Crippen molar-refractivity contribution in [3.63, 3.8) is 0 Å². The SMILES string of the molecule is Cl.O=C(NC1CCC(F)(F)CC1)c1cc2c(c([C@@H]3C[C@H]3NCC3CC3)c1)OCC2. The van der Waals surface area contributed by atoms with Gasteiger partial charge in [0, 0.05) is 42.8 Å². The molecular weight excluding hydrogens is 398 g/mol. The number of benzene rings is 1. The molecule has 7 heteroatoms. The molecule has 0 saturated heterocycles. The number of fused-ring (bicyclic) bond motifs is 1. The molecule has 0 radical (unpaired) electrons. The van der Waals surface area contributed by atoms with Crippen molar-refractivity contribution < 1.29 is 18.3 Å². The third-order valence-electron chi connectivity index (χ3n) is 6.68. The van der Waals surface area contributed by atoms with Crippen molar-refractivity contribution >= 4 is 18.3 Å². The summed E-state index contributed by atoms with van der Waals surface area (Å²) in [6.07, 6.45) is 4.99. The Kier molecular flexibility index (Phi) is 5.77. The van der Waals surface area contributed by atoms with Crippen LogP contribution in [-0.4, -0.2) is 37.1 Å². The van der Waals surface area contributed by atoms with Crippen LogP contribution in [-0.2, 0) is 6.42 Å². The zero-order chi connectivity index (χ0) is 19.3. The molecule has 0 bridgehead atoms. The number of amides is 1. The average molecular weight is 427 g/mol. The fourth-order valence-electron chi connectivity index (χ4n) is 4.60. The van der Waals surface area contributed by atoms with Gasteiger partial charge in [0.05, 0.1) is 6.61 Å². The number of ether oxygens (including phenoxy) is 1. The lowest BCUT2D eigenvalue weighted by atomic mass is 9.92. The van der Waals surface area contributed by atoms with Crippen LogP contribution in [0.5, 0.6) is 5.75 Å². The van der Waals surface area contributed by atoms with Gasteiger partial charge in [0.1, 0.15) is 5.75 Å². The lowest BCUT2D eigenvalue weighted by Gasteiger charge is -2.28. The number of rotatable bonds is 6. The number of alkyl halides is 2. The van der Waals surface area contributed by atoms with Crippen LogP contribution in [0.1, 0.15) is 72.3 Å². The number of hydrogen-bond acceptors (Lipinski definition) is 3. The van der Waals surface area contributed by atoms with E-state index >= 15 is 0 Å². The van der Waals surface area contributed by atoms with E-state index in [0.717, 1.165) is 42.2 Å². The van der Waals surface area contributed by atoms with E-state index in [1.54, 1.807) is 0 Å². The largest absolute Gasteiger partial charge is 0.493 e. The Bertz CT molecular complexity index is 774. The molecular formula is C22H29ClF2N2O2. The molecule has 0 aromatic heterocycles. The maximum atomic E-state index is 13.4. The molecule has 5 rings (SSSR count). The van der Waals surface area contributed by atoms with Crippen molar-refractivity contribution in [2.75, 3.05) is 13.2 Å². The molecule has 3 fully saturated rings. The highest BCUT2D eigenvalue weighted by Crippen LogP contribution is 2.48. The number of nitrogens with one attached hydrogen (secondary N) is 2. The van der Waals surface area contributed by atoms with Gasteiger partial charge < -0.3 is 15.4 Å². The molecule has 1 amide bonds. The second-order valence-electron chi connectivity index (χ2n) is 9.06. The second-order valence-corrected chi connectivity index (χ2v) is 9.06. The van der Waals surface area contributed by atoms with Crippen molar-refractivity contribution in [1.29, 1.82) is 0 Å². The van der Waals surface area contributed by atoms with Crippen LogP contribution >= 0.6 is 12.4 Å². The molecule has 160 valence electrons. The first-order valence-electron chi connectivity index (χ1n) is 10.7. The van der Waals surface area contributed by atoms with Gasteiger partial charge in [-0.25, -0.2) is 8.78 Å². The Morgan fingerprint density at radius 1 is 1.17 bits per heavy atom. The van der Waals surface area contributed by atoms with E-state index in [4.69, 9.17) is 4.74 Å². The Morgan fingerprint density at radius 3 is 2.66 bits per heavy atom. The van der Waals surface area contributed by atoms with Crippen molar-refractivity contribution in [2.24, 2.45) is 5.92 Å². The fraction of sp³-hybridized carbons (Fsp3) is 0.682. The Balaban J connectivity index is 0.00000205. The predicted molar refractivity (Wildman–Crippen MR) is 109 cm³/mol. The third-order valence-corrected chi connectivity index (χ3v) is 6.68. The number of hydrogen-bond donors (Lipinski definition) is 2. The van der Waals surface area contributed by atoms with Crippen molar-refractivity contribution in [3.8, 4) is 5.75 Å². The number of carbonyl (C=O) groups is 1. The minimum absolute atomic E-state index is 0. The summed E-state index contributed by atoms with van der Waals surface area (Å²) in [6.45, 7) is 1.76. The molecule has 4 aliphatic rings. The minimum Gasteiger partial charge on any atom is -0.493 e. The molecule has 2 atom stereocenters. The third kappa shape index (κ3) is 4.69. The summed E-state index contributed by atoms with van der Waals surface area (Å²) in [5, 5.41) is 6.63. The zero-order valence-electron chi connectivity index (χ0n) is 16.5. The van der Waals surface area contributed by atoms with E-state index < -0.39 is 5.92 Å². The Labute approximate surface area is 176 Å². The summed E-state index contributed by atoms with van der Waals surface area (Å²) in [5.41, 5.74) is 2.89. The highest BCUT2D eigenvalue weighted by Gasteiger charge is 2.42. The van der Waals surface area contributed by atoms with Crippen molar-refractivity contribution in [3.05, 3.63) is 28.8 Å². The van der Waals surface area contributed by atoms with Gasteiger partial charge in [-0.15, -0.1) is 12.4 Å². The van der Waals surface area contributed by atoms with Crippen LogP contribution in [0.25, 0.3) is 0 Å². The monoisotopic (exact) mass is 426 g/mol. The summed E-state index contributed by atoms with van der Waals surface area (Å²) in [6, 6.07) is 4.22. The summed E-state index contributed by atoms with van der Waals surface area (Å²) in [5.74, 6) is -0.493. The molecule has 1 aromatic carbocycles. The first kappa shape index (κ1) is 20.9. The molecule has 3 saturated carbocycles. The lowest BCUT2D eigenvalue weighted by molar-refractivity contribution is -0.0399. The smallest absolute Gasteiger partial charge is 0.251 e. The average Bonchev–Trinajstić information content (AvgIpc) is 3.58. The quantitative estimate of drug-likeness (QED) is 0.716. The van der Waals surface area contributed by atoms with Gasteiger partial charge in [-0.05, 0) is 67.8 Å². The molecule has 1 heterocycles. The van der Waals surface area contributed by atoms with Gasteiger partial charge in [0.15, 0.2) is 0 Å². The molecule has 0 spiro atoms. The van der Waals surface area contributed by atoms with E-state index in [1.807, 2.05) is 12.1 Å². The molecule has 3 aliphatic carbocycles. The molecule has 1 aromatic rings. The van der Waals surface area contributed by atoms with Gasteiger partial charge in [0.2, 0.25) is 5.92 Å². The summed E-state index contributed by atoms with van der Waals surface area (Å²) in [4.78, 5) is 12.8. The number of carbonyl (C=O) groups excluding carboxylic acids is 1. The van der Waals surface area contributed by atoms with Crippen LogP contribution < -0.4 is 15.4 Å². The van der Waals surface area contributed by atoms with Gasteiger partial charge in [-0.3, -0.25) is 4.79 Å². The topological polar surface area (TPSA) is 50.4 Å². The molecule has 0 unspecified atom stereocenters. The Hall–Kier alpha value is -1.40. The summed E-state index contributed by atoms with van der Waals surface area (Å²) >= 11 is 0. The Morgan fingerprint density at radius 2 is 1.93 bits per heavy atom. The molecule has 1 aliphatic heterocycles. The molecule has 29 heavy (non-hydrogen) atoms. The highest BCUT2D eigenvalue weighted by molar-refractivity contribution is 5.95. The van der Waals surface area contributed by atoms with Gasteiger partial charge in [-0.2, -0.15) is 0 Å². The minimum atomic E-state index is -2.58. The van der Waals surface area contributed by atoms with Gasteiger partial charge >= 0.3 is 0 Å². The van der Waals surface area contributed by atoms with Crippen LogP contribution in [0.2, 0.25) is 0 Å². The highest BCUT2D eigenvalue weighted by atomic mass is 35.5. The molecule has 2 N–H and O–H groups in total. The van der Waals surface area contributed by atoms with E-state index in [2.05, 4.69) is 10.6 Å². The van der Waals surface area contributed by atoms with Crippen LogP contribution in [0.3, 0.4) is 0 Å². The van der Waals surface area contributed by atoms with E-state index in [1.165, 1.54) is 12.8 Å². The maximum absolute atomic E-state index is 13.4. The van der Waals surface area contributed by atoms with Crippen molar-refractivity contribution in [1.82, 2.24) is 10.6 Å². The summed E-state index contributed by atoms with van der Waals surface area (Å²) in [7, 11) is 0. The zero-order valence-corrected chi connectivity index (χ0v) is 17.3. The summed E-state index contributed by atoms with van der Waals surface area (Å²) < 4.78 is 32.6. The van der Waals surface area contributed by atoms with E-state index in [0.29, 0.717) is 37.0 Å². The van der Waals surface area contributed by atoms with Crippen molar-refractivity contribution in [2.45, 2.75) is 75.3 Å². The fourth-order valence-corrected chi connectivity index (χ4v) is 4.60. The first-order valence-corrected chi connectivity index (χ1v) is 10.7. The second kappa shape index (κ2) is 8.03. The van der Waals surface area contributed by atoms with Crippen LogP contribution in [0.4, 0.5) is 8.78 Å². The van der Waals surface area contributed by atoms with E-state index in [9.17, 15) is 13.6 Å². The standard InChI is InChI=1S/C22H28F2N2O2.ClH/c23-22(24)6-3-16(4-7-22)26-21(27)15-9-14-5-8-28-20(14)18(10-15)17-11-19(17)25-12-13-1-2-13;/h9-10,13,16-17,19,25H,1-8,11-12H2,(H,26,27);1H/t17-,19+;/m0./s1.